The highest BCUT2D eigenvalue weighted by Gasteiger charge is 2.14. The smallest absolute Gasteiger partial charge is 0.332 e. The van der Waals surface area contributed by atoms with Gasteiger partial charge in [0.15, 0.2) is 6.10 Å². The van der Waals surface area contributed by atoms with Crippen molar-refractivity contribution < 1.29 is 15.0 Å². The molecule has 4 heteroatoms. The van der Waals surface area contributed by atoms with E-state index in [0.29, 0.717) is 0 Å². The van der Waals surface area contributed by atoms with E-state index in [9.17, 15) is 4.79 Å². The molecule has 70 valence electrons. The second-order valence-electron chi connectivity index (χ2n) is 2.86. The van der Waals surface area contributed by atoms with Gasteiger partial charge in [-0.3, -0.25) is 4.98 Å². The third kappa shape index (κ3) is 2.52. The van der Waals surface area contributed by atoms with Gasteiger partial charge in [-0.25, -0.2) is 4.79 Å². The molecule has 0 saturated carbocycles. The van der Waals surface area contributed by atoms with Gasteiger partial charge in [0, 0.05) is 18.8 Å². The molecule has 13 heavy (non-hydrogen) atoms. The minimum Gasteiger partial charge on any atom is -0.479 e. The molecule has 1 unspecified atom stereocenters. The second-order valence-corrected chi connectivity index (χ2v) is 2.86. The van der Waals surface area contributed by atoms with Gasteiger partial charge in [-0.15, -0.1) is 0 Å². The number of carbonyl (C=O) groups is 1. The first-order valence-corrected chi connectivity index (χ1v) is 3.91. The molecule has 1 heterocycles. The van der Waals surface area contributed by atoms with E-state index in [1.807, 2.05) is 6.92 Å². The standard InChI is InChI=1S/C9H11NO3/c1-6-2-3-10-5-7(6)4-8(11)9(12)13/h2-3,5,8,11H,4H2,1H3,(H,12,13). The number of carboxylic acids is 1. The molecular formula is C9H11NO3. The molecule has 0 aliphatic heterocycles. The lowest BCUT2D eigenvalue weighted by molar-refractivity contribution is -0.146. The number of pyridine rings is 1. The van der Waals surface area contributed by atoms with Crippen molar-refractivity contribution in [2.45, 2.75) is 19.4 Å². The fourth-order valence-corrected chi connectivity index (χ4v) is 1.01. The Bertz CT molecular complexity index is 311. The molecule has 0 saturated heterocycles. The SMILES string of the molecule is Cc1ccncc1CC(O)C(=O)O. The quantitative estimate of drug-likeness (QED) is 0.707. The minimum atomic E-state index is -1.34. The highest BCUT2D eigenvalue weighted by Crippen LogP contribution is 2.07. The molecule has 0 amide bonds. The predicted octanol–water partition coefficient (Wildman–Crippen LogP) is 0.378. The highest BCUT2D eigenvalue weighted by atomic mass is 16.4. The van der Waals surface area contributed by atoms with Gasteiger partial charge < -0.3 is 10.2 Å². The predicted molar refractivity (Wildman–Crippen MR) is 46.3 cm³/mol. The lowest BCUT2D eigenvalue weighted by Crippen LogP contribution is -2.22. The molecule has 1 rings (SSSR count). The van der Waals surface area contributed by atoms with E-state index in [1.54, 1.807) is 18.5 Å². The topological polar surface area (TPSA) is 70.4 Å². The van der Waals surface area contributed by atoms with Gasteiger partial charge in [0.05, 0.1) is 0 Å². The average Bonchev–Trinajstić information content (AvgIpc) is 2.08. The summed E-state index contributed by atoms with van der Waals surface area (Å²) in [4.78, 5) is 14.2. The van der Waals surface area contributed by atoms with E-state index in [2.05, 4.69) is 4.98 Å². The summed E-state index contributed by atoms with van der Waals surface area (Å²) in [6.07, 6.45) is 1.96. The van der Waals surface area contributed by atoms with Gasteiger partial charge in [0.1, 0.15) is 0 Å². The van der Waals surface area contributed by atoms with E-state index < -0.39 is 12.1 Å². The number of nitrogens with zero attached hydrogens (tertiary/aromatic N) is 1. The third-order valence-electron chi connectivity index (χ3n) is 1.85. The van der Waals surface area contributed by atoms with Gasteiger partial charge in [0.25, 0.3) is 0 Å². The molecule has 1 aromatic heterocycles. The maximum Gasteiger partial charge on any atom is 0.332 e. The third-order valence-corrected chi connectivity index (χ3v) is 1.85. The lowest BCUT2D eigenvalue weighted by Gasteiger charge is -2.06. The molecule has 0 aliphatic carbocycles. The van der Waals surface area contributed by atoms with Crippen molar-refractivity contribution in [3.63, 3.8) is 0 Å². The molecule has 4 nitrogen and oxygen atoms in total. The molecule has 0 radical (unpaired) electrons. The van der Waals surface area contributed by atoms with Crippen LogP contribution >= 0.6 is 0 Å². The Morgan fingerprint density at radius 2 is 2.38 bits per heavy atom. The van der Waals surface area contributed by atoms with Crippen LogP contribution in [-0.4, -0.2) is 27.3 Å². The van der Waals surface area contributed by atoms with Crippen LogP contribution in [0.15, 0.2) is 18.5 Å². The molecule has 2 N–H and O–H groups in total. The van der Waals surface area contributed by atoms with E-state index in [1.165, 1.54) is 0 Å². The van der Waals surface area contributed by atoms with Crippen LogP contribution in [0.3, 0.4) is 0 Å². The number of hydrogen-bond acceptors (Lipinski definition) is 3. The second kappa shape index (κ2) is 4.00. The Kier molecular flexibility index (Phi) is 2.97. The number of aliphatic hydroxyl groups is 1. The molecule has 0 spiro atoms. The summed E-state index contributed by atoms with van der Waals surface area (Å²) in [6, 6.07) is 1.78. The monoisotopic (exact) mass is 181 g/mol. The van der Waals surface area contributed by atoms with Gasteiger partial charge in [-0.2, -0.15) is 0 Å². The van der Waals surface area contributed by atoms with E-state index >= 15 is 0 Å². The van der Waals surface area contributed by atoms with Gasteiger partial charge >= 0.3 is 5.97 Å². The Hall–Kier alpha value is -1.42. The van der Waals surface area contributed by atoms with E-state index in [0.717, 1.165) is 11.1 Å². The Labute approximate surface area is 75.9 Å². The van der Waals surface area contributed by atoms with E-state index in [-0.39, 0.29) is 6.42 Å². The summed E-state index contributed by atoms with van der Waals surface area (Å²) in [7, 11) is 0. The fourth-order valence-electron chi connectivity index (χ4n) is 1.01. The van der Waals surface area contributed by atoms with Crippen LogP contribution in [0.25, 0.3) is 0 Å². The van der Waals surface area contributed by atoms with Gasteiger partial charge in [0.2, 0.25) is 0 Å². The minimum absolute atomic E-state index is 0.106. The first-order chi connectivity index (χ1) is 6.11. The summed E-state index contributed by atoms with van der Waals surface area (Å²) in [5, 5.41) is 17.5. The maximum atomic E-state index is 10.3. The average molecular weight is 181 g/mol. The zero-order valence-corrected chi connectivity index (χ0v) is 7.27. The van der Waals surface area contributed by atoms with Crippen LogP contribution in [0, 0.1) is 6.92 Å². The lowest BCUT2D eigenvalue weighted by atomic mass is 10.1. The van der Waals surface area contributed by atoms with Crippen LogP contribution in [-0.2, 0) is 11.2 Å². The largest absolute Gasteiger partial charge is 0.479 e. The fraction of sp³-hybridized carbons (Fsp3) is 0.333. The van der Waals surface area contributed by atoms with Crippen LogP contribution in [0.2, 0.25) is 0 Å². The van der Waals surface area contributed by atoms with Crippen molar-refractivity contribution >= 4 is 5.97 Å². The van der Waals surface area contributed by atoms with Crippen molar-refractivity contribution in [1.29, 1.82) is 0 Å². The van der Waals surface area contributed by atoms with Crippen LogP contribution < -0.4 is 0 Å². The summed E-state index contributed by atoms with van der Waals surface area (Å²) < 4.78 is 0. The highest BCUT2D eigenvalue weighted by molar-refractivity contribution is 5.72. The summed E-state index contributed by atoms with van der Waals surface area (Å²) in [5.74, 6) is -1.21. The van der Waals surface area contributed by atoms with Crippen molar-refractivity contribution in [2.24, 2.45) is 0 Å². The number of aromatic nitrogens is 1. The molecule has 0 aliphatic rings. The maximum absolute atomic E-state index is 10.3. The zero-order chi connectivity index (χ0) is 9.84. The van der Waals surface area contributed by atoms with Crippen molar-refractivity contribution in [2.75, 3.05) is 0 Å². The Balaban J connectivity index is 2.74. The number of aryl methyl sites for hydroxylation is 1. The molecule has 1 atom stereocenters. The number of rotatable bonds is 3. The molecule has 0 fully saturated rings. The molecule has 0 aromatic carbocycles. The van der Waals surface area contributed by atoms with Gasteiger partial charge in [-0.1, -0.05) is 0 Å². The Morgan fingerprint density at radius 3 is 2.92 bits per heavy atom. The van der Waals surface area contributed by atoms with Crippen LogP contribution in [0.5, 0.6) is 0 Å². The van der Waals surface area contributed by atoms with E-state index in [4.69, 9.17) is 10.2 Å². The van der Waals surface area contributed by atoms with Crippen molar-refractivity contribution in [3.05, 3.63) is 29.6 Å². The van der Waals surface area contributed by atoms with Crippen molar-refractivity contribution in [1.82, 2.24) is 4.98 Å². The van der Waals surface area contributed by atoms with Crippen LogP contribution in [0.1, 0.15) is 11.1 Å². The van der Waals surface area contributed by atoms with Crippen LogP contribution in [0.4, 0.5) is 0 Å². The molecule has 0 bridgehead atoms. The van der Waals surface area contributed by atoms with Gasteiger partial charge in [-0.05, 0) is 24.1 Å². The number of carboxylic acid groups (broad SMARTS) is 1. The summed E-state index contributed by atoms with van der Waals surface area (Å²) in [6.45, 7) is 1.85. The molecule has 1 aromatic rings. The first-order valence-electron chi connectivity index (χ1n) is 3.91. The van der Waals surface area contributed by atoms with Crippen molar-refractivity contribution in [3.8, 4) is 0 Å². The number of aliphatic carboxylic acids is 1. The summed E-state index contributed by atoms with van der Waals surface area (Å²) in [5.41, 5.74) is 1.70. The zero-order valence-electron chi connectivity index (χ0n) is 7.27. The number of aliphatic hydroxyl groups excluding tert-OH is 1. The normalized spacial score (nSPS) is 12.5. The Morgan fingerprint density at radius 1 is 1.69 bits per heavy atom. The number of hydrogen-bond donors (Lipinski definition) is 2. The molecular weight excluding hydrogens is 170 g/mol. The first kappa shape index (κ1) is 9.67. The summed E-state index contributed by atoms with van der Waals surface area (Å²) >= 11 is 0.